The first-order valence-corrected chi connectivity index (χ1v) is 7.96. The Morgan fingerprint density at radius 2 is 1.85 bits per heavy atom. The molecule has 0 amide bonds. The molecule has 20 heavy (non-hydrogen) atoms. The quantitative estimate of drug-likeness (QED) is 0.873. The Morgan fingerprint density at radius 3 is 2.65 bits per heavy atom. The molecule has 0 aliphatic rings. The first-order chi connectivity index (χ1) is 9.56. The van der Waals surface area contributed by atoms with Crippen LogP contribution in [0.5, 0.6) is 5.75 Å². The van der Waals surface area contributed by atoms with Gasteiger partial charge in [-0.05, 0) is 11.5 Å². The van der Waals surface area contributed by atoms with Crippen molar-refractivity contribution in [2.24, 2.45) is 0 Å². The van der Waals surface area contributed by atoms with E-state index in [0.29, 0.717) is 0 Å². The van der Waals surface area contributed by atoms with E-state index >= 15 is 0 Å². The molecular weight excluding hydrogens is 274 g/mol. The molecule has 4 nitrogen and oxygen atoms in total. The van der Waals surface area contributed by atoms with Crippen LogP contribution in [0.1, 0.15) is 0 Å². The van der Waals surface area contributed by atoms with Gasteiger partial charge in [-0.3, -0.25) is 0 Å². The summed E-state index contributed by atoms with van der Waals surface area (Å²) in [6, 6.07) is 13.8. The SMILES string of the molecule is CS(=O)(=O)NCC#CCOc1cccc2ccccc12. The topological polar surface area (TPSA) is 55.4 Å². The van der Waals surface area contributed by atoms with E-state index in [9.17, 15) is 8.42 Å². The van der Waals surface area contributed by atoms with E-state index in [0.717, 1.165) is 22.8 Å². The van der Waals surface area contributed by atoms with Gasteiger partial charge in [0, 0.05) is 5.39 Å². The molecular formula is C15H15NO3S. The fraction of sp³-hybridized carbons (Fsp3) is 0.200. The molecule has 0 aromatic heterocycles. The molecule has 0 atom stereocenters. The molecule has 5 heteroatoms. The van der Waals surface area contributed by atoms with Gasteiger partial charge in [0.25, 0.3) is 0 Å². The van der Waals surface area contributed by atoms with E-state index in [1.807, 2.05) is 42.5 Å². The highest BCUT2D eigenvalue weighted by Gasteiger charge is 1.99. The van der Waals surface area contributed by atoms with Crippen molar-refractivity contribution in [3.8, 4) is 17.6 Å². The minimum absolute atomic E-state index is 0.0950. The average molecular weight is 289 g/mol. The van der Waals surface area contributed by atoms with Crippen LogP contribution >= 0.6 is 0 Å². The van der Waals surface area contributed by atoms with Crippen molar-refractivity contribution in [3.63, 3.8) is 0 Å². The lowest BCUT2D eigenvalue weighted by Gasteiger charge is -2.06. The van der Waals surface area contributed by atoms with Gasteiger partial charge in [-0.15, -0.1) is 0 Å². The highest BCUT2D eigenvalue weighted by molar-refractivity contribution is 7.88. The minimum Gasteiger partial charge on any atom is -0.480 e. The maximum atomic E-state index is 10.8. The summed E-state index contributed by atoms with van der Waals surface area (Å²) in [6.45, 7) is 0.317. The third-order valence-electron chi connectivity index (χ3n) is 2.60. The van der Waals surface area contributed by atoms with Crippen molar-refractivity contribution in [2.45, 2.75) is 0 Å². The number of ether oxygens (including phenoxy) is 1. The highest BCUT2D eigenvalue weighted by Crippen LogP contribution is 2.24. The van der Waals surface area contributed by atoms with Gasteiger partial charge < -0.3 is 4.74 Å². The summed E-state index contributed by atoms with van der Waals surface area (Å²) in [6.07, 6.45) is 1.10. The molecule has 0 saturated carbocycles. The van der Waals surface area contributed by atoms with Crippen LogP contribution in [0.4, 0.5) is 0 Å². The zero-order chi connectivity index (χ0) is 14.4. The lowest BCUT2D eigenvalue weighted by Crippen LogP contribution is -2.21. The van der Waals surface area contributed by atoms with Crippen LogP contribution < -0.4 is 9.46 Å². The summed E-state index contributed by atoms with van der Waals surface area (Å²) in [5, 5.41) is 2.14. The zero-order valence-electron chi connectivity index (χ0n) is 11.1. The Bertz CT molecular complexity index is 752. The molecule has 0 heterocycles. The highest BCUT2D eigenvalue weighted by atomic mass is 32.2. The average Bonchev–Trinajstić information content (AvgIpc) is 2.41. The molecule has 104 valence electrons. The molecule has 2 rings (SSSR count). The number of benzene rings is 2. The Kier molecular flexibility index (Phi) is 4.61. The lowest BCUT2D eigenvalue weighted by atomic mass is 10.1. The van der Waals surface area contributed by atoms with Gasteiger partial charge >= 0.3 is 0 Å². The number of hydrogen-bond donors (Lipinski definition) is 1. The molecule has 0 aliphatic carbocycles. The zero-order valence-corrected chi connectivity index (χ0v) is 11.9. The third-order valence-corrected chi connectivity index (χ3v) is 3.27. The van der Waals surface area contributed by atoms with E-state index in [2.05, 4.69) is 16.6 Å². The molecule has 2 aromatic rings. The van der Waals surface area contributed by atoms with Crippen molar-refractivity contribution < 1.29 is 13.2 Å². The maximum absolute atomic E-state index is 10.8. The van der Waals surface area contributed by atoms with E-state index in [4.69, 9.17) is 4.74 Å². The predicted octanol–water partition coefficient (Wildman–Crippen LogP) is 1.77. The summed E-state index contributed by atoms with van der Waals surface area (Å²) in [5.41, 5.74) is 0. The van der Waals surface area contributed by atoms with E-state index < -0.39 is 10.0 Å². The molecule has 0 bridgehead atoms. The van der Waals surface area contributed by atoms with Gasteiger partial charge in [0.05, 0.1) is 12.8 Å². The monoisotopic (exact) mass is 289 g/mol. The second-order valence-corrected chi connectivity index (χ2v) is 6.05. The standard InChI is InChI=1S/C15H15NO3S/c1-20(17,18)16-11-4-5-12-19-15-10-6-8-13-7-2-3-9-14(13)15/h2-3,6-10,16H,11-12H2,1H3. The number of fused-ring (bicyclic) bond motifs is 1. The van der Waals surface area contributed by atoms with Crippen molar-refractivity contribution in [1.82, 2.24) is 4.72 Å². The van der Waals surface area contributed by atoms with Crippen molar-refractivity contribution >= 4 is 20.8 Å². The van der Waals surface area contributed by atoms with Crippen LogP contribution in [0.15, 0.2) is 42.5 Å². The molecule has 1 N–H and O–H groups in total. The van der Waals surface area contributed by atoms with Crippen LogP contribution in [0.2, 0.25) is 0 Å². The van der Waals surface area contributed by atoms with Crippen molar-refractivity contribution in [1.29, 1.82) is 0 Å². The Labute approximate surface area is 118 Å². The molecule has 0 spiro atoms. The predicted molar refractivity (Wildman–Crippen MR) is 80.1 cm³/mol. The minimum atomic E-state index is -3.19. The second kappa shape index (κ2) is 6.42. The normalized spacial score (nSPS) is 10.8. The fourth-order valence-corrected chi connectivity index (χ4v) is 2.05. The summed E-state index contributed by atoms with van der Waals surface area (Å²) in [5.74, 6) is 6.24. The van der Waals surface area contributed by atoms with Crippen molar-refractivity contribution in [3.05, 3.63) is 42.5 Å². The lowest BCUT2D eigenvalue weighted by molar-refractivity contribution is 0.374. The molecule has 0 unspecified atom stereocenters. The molecule has 0 radical (unpaired) electrons. The molecule has 0 aliphatic heterocycles. The Morgan fingerprint density at radius 1 is 1.10 bits per heavy atom. The fourth-order valence-electron chi connectivity index (χ4n) is 1.72. The van der Waals surface area contributed by atoms with Gasteiger partial charge in [-0.2, -0.15) is 0 Å². The summed E-state index contributed by atoms with van der Waals surface area (Å²) >= 11 is 0. The van der Waals surface area contributed by atoms with E-state index in [1.54, 1.807) is 0 Å². The van der Waals surface area contributed by atoms with Gasteiger partial charge in [-0.1, -0.05) is 48.2 Å². The largest absolute Gasteiger partial charge is 0.480 e. The third kappa shape index (κ3) is 4.26. The summed E-state index contributed by atoms with van der Waals surface area (Å²) in [7, 11) is -3.19. The summed E-state index contributed by atoms with van der Waals surface area (Å²) in [4.78, 5) is 0. The maximum Gasteiger partial charge on any atom is 0.209 e. The molecule has 0 fully saturated rings. The first kappa shape index (κ1) is 14.4. The Hall–Kier alpha value is -2.03. The summed E-state index contributed by atoms with van der Waals surface area (Å²) < 4.78 is 29.5. The Balaban J connectivity index is 1.95. The van der Waals surface area contributed by atoms with Crippen molar-refractivity contribution in [2.75, 3.05) is 19.4 Å². The van der Waals surface area contributed by atoms with E-state index in [1.165, 1.54) is 0 Å². The van der Waals surface area contributed by atoms with Crippen LogP contribution in [0.3, 0.4) is 0 Å². The van der Waals surface area contributed by atoms with Crippen LogP contribution in [-0.4, -0.2) is 27.8 Å². The number of nitrogens with one attached hydrogen (secondary N) is 1. The van der Waals surface area contributed by atoms with Gasteiger partial charge in [0.2, 0.25) is 10.0 Å². The van der Waals surface area contributed by atoms with Gasteiger partial charge in [0.1, 0.15) is 12.4 Å². The first-order valence-electron chi connectivity index (χ1n) is 6.07. The van der Waals surface area contributed by atoms with Gasteiger partial charge in [-0.25, -0.2) is 13.1 Å². The van der Waals surface area contributed by atoms with E-state index in [-0.39, 0.29) is 13.2 Å². The number of sulfonamides is 1. The smallest absolute Gasteiger partial charge is 0.209 e. The number of hydrogen-bond acceptors (Lipinski definition) is 3. The second-order valence-electron chi connectivity index (χ2n) is 4.21. The number of rotatable bonds is 4. The van der Waals surface area contributed by atoms with Crippen LogP contribution in [0, 0.1) is 11.8 Å². The van der Waals surface area contributed by atoms with Gasteiger partial charge in [0.15, 0.2) is 0 Å². The molecule has 0 saturated heterocycles. The van der Waals surface area contributed by atoms with Crippen LogP contribution in [0.25, 0.3) is 10.8 Å². The molecule has 2 aromatic carbocycles. The van der Waals surface area contributed by atoms with Crippen LogP contribution in [-0.2, 0) is 10.0 Å².